The van der Waals surface area contributed by atoms with Gasteiger partial charge in [0.05, 0.1) is 12.1 Å². The minimum atomic E-state index is -1.22. The number of unbranched alkanes of at least 4 members (excludes halogenated alkanes) is 8. The van der Waals surface area contributed by atoms with Crippen LogP contribution in [0.15, 0.2) is 36.4 Å². The smallest absolute Gasteiger partial charge is 0.235 e. The van der Waals surface area contributed by atoms with Crippen molar-refractivity contribution in [1.82, 2.24) is 15.5 Å². The Balaban J connectivity index is 2.06. The molecule has 4 bridgehead atoms. The fourth-order valence-electron chi connectivity index (χ4n) is 7.39. The summed E-state index contributed by atoms with van der Waals surface area (Å²) in [5.41, 5.74) is 19.8. The molecule has 0 aromatic heterocycles. The van der Waals surface area contributed by atoms with Gasteiger partial charge in [-0.15, -0.1) is 0 Å². The van der Waals surface area contributed by atoms with E-state index in [1.807, 2.05) is 12.1 Å². The van der Waals surface area contributed by atoms with Crippen LogP contribution < -0.4 is 37.3 Å². The zero-order chi connectivity index (χ0) is 43.2. The summed E-state index contributed by atoms with van der Waals surface area (Å²) < 4.78 is 12.2. The number of carbonyl (C=O) groups excluding carboxylic acids is 5. The highest BCUT2D eigenvalue weighted by Crippen LogP contribution is 2.40. The maximum absolute atomic E-state index is 14.5. The van der Waals surface area contributed by atoms with Gasteiger partial charge in [0.2, 0.25) is 17.7 Å². The van der Waals surface area contributed by atoms with Crippen molar-refractivity contribution in [3.63, 3.8) is 0 Å². The third-order valence-electron chi connectivity index (χ3n) is 10.7. The molecule has 0 aliphatic carbocycles. The second-order valence-corrected chi connectivity index (χ2v) is 15.4. The van der Waals surface area contributed by atoms with Crippen molar-refractivity contribution in [2.45, 2.75) is 116 Å². The number of benzene rings is 2. The summed E-state index contributed by atoms with van der Waals surface area (Å²) in [6, 6.07) is 10.3. The van der Waals surface area contributed by atoms with Gasteiger partial charge in [0, 0.05) is 63.0 Å². The van der Waals surface area contributed by atoms with Crippen LogP contribution in [0.4, 0.5) is 0 Å². The van der Waals surface area contributed by atoms with Gasteiger partial charge in [0.1, 0.15) is 36.7 Å². The van der Waals surface area contributed by atoms with Crippen molar-refractivity contribution >= 4 is 29.3 Å². The summed E-state index contributed by atoms with van der Waals surface area (Å²) in [5, 5.41) is 15.0. The van der Waals surface area contributed by atoms with Crippen LogP contribution in [0, 0.1) is 23.2 Å². The number of carbonyl (C=O) groups is 5. The first-order valence-electron chi connectivity index (χ1n) is 21.4. The number of rotatable bonds is 24. The molecule has 2 aromatic carbocycles. The number of fused-ring (bicyclic) bond motifs is 5. The van der Waals surface area contributed by atoms with E-state index in [0.717, 1.165) is 25.7 Å². The minimum absolute atomic E-state index is 0.0184. The first kappa shape index (κ1) is 48.5. The predicted octanol–water partition coefficient (Wildman–Crippen LogP) is 4.65. The molecule has 1 aliphatic heterocycles. The zero-order valence-corrected chi connectivity index (χ0v) is 35.4. The molecular formula is C45H67N7O7. The van der Waals surface area contributed by atoms with Crippen molar-refractivity contribution in [3.05, 3.63) is 47.5 Å². The molecule has 2 aromatic rings. The Morgan fingerprint density at radius 1 is 0.881 bits per heavy atom. The molecule has 59 heavy (non-hydrogen) atoms. The monoisotopic (exact) mass is 818 g/mol. The van der Waals surface area contributed by atoms with Crippen molar-refractivity contribution in [1.29, 1.82) is 5.26 Å². The Hall–Kier alpha value is -4.84. The molecule has 1 aliphatic rings. The lowest BCUT2D eigenvalue weighted by Crippen LogP contribution is -2.47. The van der Waals surface area contributed by atoms with Gasteiger partial charge in [-0.3, -0.25) is 24.0 Å². The van der Waals surface area contributed by atoms with E-state index in [1.165, 1.54) is 44.1 Å². The fraction of sp³-hybridized carbons (Fsp3) is 0.600. The number of amides is 3. The van der Waals surface area contributed by atoms with Crippen LogP contribution in [-0.2, 0) is 30.4 Å². The SMILES string of the molecule is CCCCCCCCCCCNC(=O)C(CCN)C(=O)N(C)[C@@H]1C(=O)C[C@@H](C)C(=O)N[C@H](C(=O)CCC#N)Cc2ccc(OCCN)c(c2)-c2cc1ccc2OCCN. The van der Waals surface area contributed by atoms with Crippen LogP contribution in [0.1, 0.15) is 114 Å². The Labute approximate surface area is 350 Å². The van der Waals surface area contributed by atoms with Crippen LogP contribution in [0.5, 0.6) is 11.5 Å². The maximum Gasteiger partial charge on any atom is 0.235 e. The second kappa shape index (κ2) is 26.3. The van der Waals surface area contributed by atoms with Gasteiger partial charge in [-0.2, -0.15) is 5.26 Å². The van der Waals surface area contributed by atoms with Gasteiger partial charge in [-0.25, -0.2) is 0 Å². The van der Waals surface area contributed by atoms with E-state index >= 15 is 0 Å². The fourth-order valence-corrected chi connectivity index (χ4v) is 7.39. The standard InChI is InChI=1S/C45H67N7O7/c1-4-5-6-7-8-9-10-11-12-24-50-44(56)34(19-21-47)45(57)52(3)42-33-16-18-41(59-26-23-49)36(30-33)35-28-32(15-17-40(35)58-25-22-48)29-37(38(53)14-13-20-46)51-43(55)31(2)27-39(42)54/h15-18,28,30-31,34,37,42H,4-14,19,21-27,29,47-49H2,1-3H3,(H,50,56)(H,51,55)/t31-,34?,37+,42+/m1/s1. The van der Waals surface area contributed by atoms with E-state index in [-0.39, 0.29) is 70.7 Å². The lowest BCUT2D eigenvalue weighted by atomic mass is 9.88. The van der Waals surface area contributed by atoms with Gasteiger partial charge in [-0.1, -0.05) is 77.3 Å². The maximum atomic E-state index is 14.5. The van der Waals surface area contributed by atoms with Crippen molar-refractivity contribution < 1.29 is 33.4 Å². The number of hydrogen-bond donors (Lipinski definition) is 5. The normalized spacial score (nSPS) is 17.2. The number of nitrogens with two attached hydrogens (primary N) is 3. The van der Waals surface area contributed by atoms with Crippen LogP contribution in [0.2, 0.25) is 0 Å². The third-order valence-corrected chi connectivity index (χ3v) is 10.7. The van der Waals surface area contributed by atoms with Gasteiger partial charge in [0.15, 0.2) is 11.6 Å². The van der Waals surface area contributed by atoms with Gasteiger partial charge < -0.3 is 42.2 Å². The first-order valence-corrected chi connectivity index (χ1v) is 21.4. The number of ether oxygens (including phenoxy) is 2. The Morgan fingerprint density at radius 3 is 2.10 bits per heavy atom. The number of nitrogens with one attached hydrogen (secondary N) is 2. The van der Waals surface area contributed by atoms with Gasteiger partial charge >= 0.3 is 0 Å². The molecule has 3 amide bonds. The number of nitrogens with zero attached hydrogens (tertiary/aromatic N) is 2. The number of ketones is 2. The predicted molar refractivity (Wildman–Crippen MR) is 228 cm³/mol. The summed E-state index contributed by atoms with van der Waals surface area (Å²) >= 11 is 0. The summed E-state index contributed by atoms with van der Waals surface area (Å²) in [7, 11) is 1.48. The molecule has 3 rings (SSSR count). The number of nitriles is 1. The molecule has 0 saturated heterocycles. The average Bonchev–Trinajstić information content (AvgIpc) is 3.23. The van der Waals surface area contributed by atoms with E-state index in [2.05, 4.69) is 17.6 Å². The molecule has 1 heterocycles. The number of Topliss-reactive ketones (excluding diaryl/α,β-unsaturated/α-hetero) is 2. The van der Waals surface area contributed by atoms with Crippen molar-refractivity contribution in [2.24, 2.45) is 29.0 Å². The summed E-state index contributed by atoms with van der Waals surface area (Å²) in [4.78, 5) is 70.9. The highest BCUT2D eigenvalue weighted by Gasteiger charge is 2.37. The highest BCUT2D eigenvalue weighted by molar-refractivity contribution is 6.02. The van der Waals surface area contributed by atoms with E-state index in [9.17, 15) is 29.2 Å². The Kier molecular flexibility index (Phi) is 21.6. The lowest BCUT2D eigenvalue weighted by molar-refractivity contribution is -0.146. The Morgan fingerprint density at radius 2 is 1.49 bits per heavy atom. The first-order chi connectivity index (χ1) is 28.5. The zero-order valence-electron chi connectivity index (χ0n) is 35.4. The lowest BCUT2D eigenvalue weighted by Gasteiger charge is -2.32. The van der Waals surface area contributed by atoms with Crippen LogP contribution in [0.25, 0.3) is 11.1 Å². The van der Waals surface area contributed by atoms with Crippen LogP contribution in [-0.4, -0.2) is 86.7 Å². The van der Waals surface area contributed by atoms with Crippen molar-refractivity contribution in [3.8, 4) is 28.7 Å². The Bertz CT molecular complexity index is 1730. The summed E-state index contributed by atoms with van der Waals surface area (Å²) in [6.45, 7) is 5.11. The molecule has 14 heteroatoms. The van der Waals surface area contributed by atoms with E-state index in [0.29, 0.717) is 40.3 Å². The molecular weight excluding hydrogens is 751 g/mol. The molecule has 0 fully saturated rings. The molecule has 0 saturated carbocycles. The highest BCUT2D eigenvalue weighted by atomic mass is 16.5. The average molecular weight is 818 g/mol. The topological polar surface area (TPSA) is 233 Å². The van der Waals surface area contributed by atoms with E-state index in [1.54, 1.807) is 37.3 Å². The van der Waals surface area contributed by atoms with Gasteiger partial charge in [-0.05, 0) is 61.2 Å². The molecule has 8 N–H and O–H groups in total. The molecule has 14 nitrogen and oxygen atoms in total. The summed E-state index contributed by atoms with van der Waals surface area (Å²) in [5.74, 6) is -3.50. The molecule has 1 unspecified atom stereocenters. The van der Waals surface area contributed by atoms with Gasteiger partial charge in [0.25, 0.3) is 0 Å². The quantitative estimate of drug-likeness (QED) is 0.0723. The van der Waals surface area contributed by atoms with Crippen LogP contribution in [0.3, 0.4) is 0 Å². The number of likely N-dealkylation sites (N-methyl/N-ethyl adjacent to an activating group) is 1. The number of hydrogen-bond acceptors (Lipinski definition) is 11. The van der Waals surface area contributed by atoms with E-state index < -0.39 is 47.4 Å². The van der Waals surface area contributed by atoms with Crippen molar-refractivity contribution in [2.75, 3.05) is 46.4 Å². The second-order valence-electron chi connectivity index (χ2n) is 15.4. The van der Waals surface area contributed by atoms with Crippen LogP contribution >= 0.6 is 0 Å². The molecule has 324 valence electrons. The third kappa shape index (κ3) is 15.0. The summed E-state index contributed by atoms with van der Waals surface area (Å²) in [6.07, 6.45) is 10.0. The molecule has 0 spiro atoms. The molecule has 0 radical (unpaired) electrons. The minimum Gasteiger partial charge on any atom is -0.492 e. The largest absolute Gasteiger partial charge is 0.492 e. The van der Waals surface area contributed by atoms with E-state index in [4.69, 9.17) is 26.7 Å². The molecule has 4 atom stereocenters.